The number of carbonyl (C=O) groups excluding carboxylic acids is 3. The summed E-state index contributed by atoms with van der Waals surface area (Å²) in [6.07, 6.45) is 3.21. The number of benzene rings is 3. The van der Waals surface area contributed by atoms with Gasteiger partial charge in [0.05, 0.1) is 5.92 Å². The first-order chi connectivity index (χ1) is 18.9. The van der Waals surface area contributed by atoms with Crippen LogP contribution >= 0.6 is 0 Å². The van der Waals surface area contributed by atoms with Gasteiger partial charge in [-0.15, -0.1) is 0 Å². The van der Waals surface area contributed by atoms with Gasteiger partial charge in [0, 0.05) is 28.5 Å². The highest BCUT2D eigenvalue weighted by Gasteiger charge is 2.81. The number of anilines is 2. The van der Waals surface area contributed by atoms with Gasteiger partial charge in [-0.05, 0) is 56.1 Å². The third-order valence-corrected chi connectivity index (χ3v) is 9.02. The summed E-state index contributed by atoms with van der Waals surface area (Å²) in [7, 11) is 0. The Hall–Kier alpha value is -4.23. The zero-order valence-corrected chi connectivity index (χ0v) is 21.7. The Kier molecular flexibility index (Phi) is 5.13. The molecule has 7 heteroatoms. The highest BCUT2D eigenvalue weighted by Crippen LogP contribution is 2.67. The summed E-state index contributed by atoms with van der Waals surface area (Å²) in [5.74, 6) is -0.939. The lowest BCUT2D eigenvalue weighted by atomic mass is 9.57. The van der Waals surface area contributed by atoms with E-state index in [2.05, 4.69) is 22.1 Å². The number of carbonyl (C=O) groups is 3. The van der Waals surface area contributed by atoms with Gasteiger partial charge >= 0.3 is 0 Å². The first kappa shape index (κ1) is 23.9. The van der Waals surface area contributed by atoms with E-state index in [0.717, 1.165) is 24.0 Å². The molecule has 0 aromatic heterocycles. The number of aryl methyl sites for hydroxylation is 1. The molecular formula is C32H29N3O4. The largest absolute Gasteiger partial charge is 0.490 e. The van der Waals surface area contributed by atoms with E-state index in [0.29, 0.717) is 41.4 Å². The van der Waals surface area contributed by atoms with Crippen LogP contribution in [-0.2, 0) is 20.5 Å². The monoisotopic (exact) mass is 519 g/mol. The number of hydrogen-bond acceptors (Lipinski definition) is 5. The van der Waals surface area contributed by atoms with Gasteiger partial charge in [-0.2, -0.15) is 0 Å². The molecule has 7 rings (SSSR count). The molecule has 2 N–H and O–H groups in total. The van der Waals surface area contributed by atoms with Gasteiger partial charge in [0.25, 0.3) is 5.91 Å². The third kappa shape index (κ3) is 2.88. The number of para-hydroxylation sites is 1. The molecule has 7 nitrogen and oxygen atoms in total. The van der Waals surface area contributed by atoms with E-state index in [9.17, 15) is 14.4 Å². The molecule has 0 unspecified atom stereocenters. The molecule has 2 saturated heterocycles. The van der Waals surface area contributed by atoms with Crippen molar-refractivity contribution in [1.82, 2.24) is 4.90 Å². The Morgan fingerprint density at radius 3 is 2.67 bits per heavy atom. The third-order valence-electron chi connectivity index (χ3n) is 9.02. The van der Waals surface area contributed by atoms with Crippen molar-refractivity contribution in [2.24, 2.45) is 5.92 Å². The van der Waals surface area contributed by atoms with Crippen molar-refractivity contribution in [1.29, 1.82) is 0 Å². The predicted octanol–water partition coefficient (Wildman–Crippen LogP) is 4.57. The number of amides is 2. The zero-order chi connectivity index (χ0) is 26.9. The fourth-order valence-corrected chi connectivity index (χ4v) is 7.77. The lowest BCUT2D eigenvalue weighted by Gasteiger charge is -2.43. The van der Waals surface area contributed by atoms with E-state index in [-0.39, 0.29) is 23.6 Å². The maximum atomic E-state index is 14.7. The quantitative estimate of drug-likeness (QED) is 0.381. The van der Waals surface area contributed by atoms with Crippen molar-refractivity contribution in [2.75, 3.05) is 23.8 Å². The molecule has 2 fully saturated rings. The molecule has 2 spiro atoms. The average molecular weight is 520 g/mol. The van der Waals surface area contributed by atoms with Crippen LogP contribution in [0.25, 0.3) is 0 Å². The zero-order valence-electron chi connectivity index (χ0n) is 21.7. The minimum atomic E-state index is -1.45. The topological polar surface area (TPSA) is 87.7 Å². The molecule has 2 amide bonds. The van der Waals surface area contributed by atoms with E-state index in [1.807, 2.05) is 49.4 Å². The molecule has 3 aromatic carbocycles. The number of fused-ring (bicyclic) bond motifs is 7. The Morgan fingerprint density at radius 1 is 1.03 bits per heavy atom. The molecule has 0 saturated carbocycles. The number of ether oxygens (including phenoxy) is 1. The number of nitrogens with zero attached hydrogens (tertiary/aromatic N) is 1. The van der Waals surface area contributed by atoms with Crippen molar-refractivity contribution < 1.29 is 19.1 Å². The molecule has 0 aliphatic carbocycles. The fourth-order valence-electron chi connectivity index (χ4n) is 7.77. The van der Waals surface area contributed by atoms with Crippen LogP contribution in [0.2, 0.25) is 0 Å². The van der Waals surface area contributed by atoms with Crippen molar-refractivity contribution in [3.8, 4) is 5.75 Å². The van der Waals surface area contributed by atoms with Gasteiger partial charge in [-0.1, -0.05) is 60.7 Å². The van der Waals surface area contributed by atoms with Gasteiger partial charge in [0.1, 0.15) is 23.3 Å². The van der Waals surface area contributed by atoms with Gasteiger partial charge in [0.15, 0.2) is 5.78 Å². The second-order valence-electron chi connectivity index (χ2n) is 10.9. The molecule has 4 atom stereocenters. The highest BCUT2D eigenvalue weighted by atomic mass is 16.5. The lowest BCUT2D eigenvalue weighted by molar-refractivity contribution is -0.137. The van der Waals surface area contributed by atoms with Crippen molar-refractivity contribution in [2.45, 2.75) is 36.8 Å². The predicted molar refractivity (Wildman–Crippen MR) is 148 cm³/mol. The van der Waals surface area contributed by atoms with Gasteiger partial charge in [0.2, 0.25) is 5.91 Å². The number of Topliss-reactive ketones (excluding diaryl/α,β-unsaturated/α-hetero) is 1. The smallest absolute Gasteiger partial charge is 0.251 e. The SMILES string of the molecule is C=CCOc1cccc(C(=O)[C@@H]2[C@H]3CCCN3[C@]3(C(=O)Nc4ccc(C)cc43)[C@]23C(=O)Nc2ccccc23)c1. The summed E-state index contributed by atoms with van der Waals surface area (Å²) >= 11 is 0. The fraction of sp³-hybridized carbons (Fsp3) is 0.281. The average Bonchev–Trinajstić information content (AvgIpc) is 3.66. The Morgan fingerprint density at radius 2 is 1.82 bits per heavy atom. The van der Waals surface area contributed by atoms with Crippen LogP contribution in [0.1, 0.15) is 39.9 Å². The van der Waals surface area contributed by atoms with Gasteiger partial charge in [-0.3, -0.25) is 19.3 Å². The van der Waals surface area contributed by atoms with Gasteiger partial charge < -0.3 is 15.4 Å². The molecular weight excluding hydrogens is 490 g/mol. The minimum Gasteiger partial charge on any atom is -0.490 e. The molecule has 4 aliphatic rings. The van der Waals surface area contributed by atoms with E-state index < -0.39 is 16.9 Å². The van der Waals surface area contributed by atoms with Crippen LogP contribution in [0.15, 0.2) is 79.4 Å². The van der Waals surface area contributed by atoms with Crippen LogP contribution in [0.4, 0.5) is 11.4 Å². The van der Waals surface area contributed by atoms with Crippen LogP contribution in [0.3, 0.4) is 0 Å². The normalized spacial score (nSPS) is 28.2. The maximum absolute atomic E-state index is 14.7. The summed E-state index contributed by atoms with van der Waals surface area (Å²) < 4.78 is 5.74. The molecule has 3 aromatic rings. The second-order valence-corrected chi connectivity index (χ2v) is 10.9. The number of ketones is 1. The number of nitrogens with one attached hydrogen (secondary N) is 2. The Labute approximate surface area is 226 Å². The number of hydrogen-bond donors (Lipinski definition) is 2. The molecule has 39 heavy (non-hydrogen) atoms. The molecule has 0 bridgehead atoms. The summed E-state index contributed by atoms with van der Waals surface area (Å²) in [5.41, 5.74) is 1.46. The molecule has 4 heterocycles. The Balaban J connectivity index is 1.52. The maximum Gasteiger partial charge on any atom is 0.251 e. The van der Waals surface area contributed by atoms with E-state index in [1.165, 1.54) is 0 Å². The van der Waals surface area contributed by atoms with Crippen LogP contribution in [-0.4, -0.2) is 41.7 Å². The van der Waals surface area contributed by atoms with Crippen molar-refractivity contribution in [3.05, 3.63) is 102 Å². The van der Waals surface area contributed by atoms with Crippen LogP contribution in [0, 0.1) is 12.8 Å². The summed E-state index contributed by atoms with van der Waals surface area (Å²) in [5, 5.41) is 6.18. The second kappa shape index (κ2) is 8.38. The summed E-state index contributed by atoms with van der Waals surface area (Å²) in [4.78, 5) is 45.9. The van der Waals surface area contributed by atoms with Gasteiger partial charge in [-0.25, -0.2) is 0 Å². The first-order valence-corrected chi connectivity index (χ1v) is 13.4. The van der Waals surface area contributed by atoms with Crippen molar-refractivity contribution in [3.63, 3.8) is 0 Å². The number of rotatable bonds is 5. The molecule has 196 valence electrons. The van der Waals surface area contributed by atoms with Crippen LogP contribution < -0.4 is 15.4 Å². The molecule has 0 radical (unpaired) electrons. The summed E-state index contributed by atoms with van der Waals surface area (Å²) in [6, 6.07) is 20.2. The van der Waals surface area contributed by atoms with Crippen molar-refractivity contribution >= 4 is 29.0 Å². The van der Waals surface area contributed by atoms with E-state index in [4.69, 9.17) is 4.74 Å². The van der Waals surface area contributed by atoms with E-state index in [1.54, 1.807) is 30.3 Å². The molecule has 4 aliphatic heterocycles. The lowest BCUT2D eigenvalue weighted by Crippen LogP contribution is -2.62. The van der Waals surface area contributed by atoms with E-state index >= 15 is 0 Å². The standard InChI is InChI=1S/C32H29N3O4/c1-3-16-39-21-9-6-8-20(18-21)28(36)27-26-12-7-15-35(26)32(23-17-19(2)13-14-25(23)34-30(32)38)31(27)22-10-4-5-11-24(22)33-29(31)37/h3-6,8-11,13-14,17-18,26-27H,1,7,12,15-16H2,2H3,(H,33,37)(H,34,38)/t26-,27+,31+,32-/m1/s1. The first-order valence-electron chi connectivity index (χ1n) is 13.4. The Bertz CT molecular complexity index is 1580. The summed E-state index contributed by atoms with van der Waals surface area (Å²) in [6.45, 7) is 6.63. The highest BCUT2D eigenvalue weighted by molar-refractivity contribution is 6.21. The van der Waals surface area contributed by atoms with Crippen LogP contribution in [0.5, 0.6) is 5.75 Å². The minimum absolute atomic E-state index is 0.159.